The number of likely N-dealkylation sites (N-methyl/N-ethyl adjacent to an activating group) is 2. The van der Waals surface area contributed by atoms with E-state index in [-0.39, 0.29) is 23.3 Å². The van der Waals surface area contributed by atoms with Crippen molar-refractivity contribution in [2.24, 2.45) is 0 Å². The molecule has 1 saturated heterocycles. The molecule has 2 heterocycles. The van der Waals surface area contributed by atoms with Crippen LogP contribution in [0.15, 0.2) is 30.3 Å². The monoisotopic (exact) mass is 330 g/mol. The number of carbonyl (C=O) groups excluding carboxylic acids is 2. The lowest BCUT2D eigenvalue weighted by Crippen LogP contribution is -2.42. The summed E-state index contributed by atoms with van der Waals surface area (Å²) in [7, 11) is 3.35. The molecule has 0 N–H and O–H groups in total. The first-order valence-electron chi connectivity index (χ1n) is 7.73. The Kier molecular flexibility index (Phi) is 4.09. The number of halogens is 1. The molecule has 0 spiro atoms. The summed E-state index contributed by atoms with van der Waals surface area (Å²) < 4.78 is 14.6. The van der Waals surface area contributed by atoms with E-state index in [1.807, 2.05) is 6.92 Å². The van der Waals surface area contributed by atoms with Gasteiger partial charge in [0.25, 0.3) is 5.91 Å². The predicted octanol–water partition coefficient (Wildman–Crippen LogP) is 1.62. The van der Waals surface area contributed by atoms with Gasteiger partial charge in [0, 0.05) is 26.3 Å². The summed E-state index contributed by atoms with van der Waals surface area (Å²) in [4.78, 5) is 27.8. The Balaban J connectivity index is 1.85. The van der Waals surface area contributed by atoms with Crippen LogP contribution in [0.1, 0.15) is 22.6 Å². The van der Waals surface area contributed by atoms with E-state index in [0.29, 0.717) is 18.7 Å². The van der Waals surface area contributed by atoms with E-state index in [4.69, 9.17) is 0 Å². The first kappa shape index (κ1) is 16.2. The third kappa shape index (κ3) is 2.77. The highest BCUT2D eigenvalue weighted by Gasteiger charge is 2.35. The highest BCUT2D eigenvalue weighted by molar-refractivity contribution is 5.96. The smallest absolute Gasteiger partial charge is 0.274 e. The minimum atomic E-state index is -0.446. The average molecular weight is 330 g/mol. The number of rotatable bonds is 3. The maximum absolute atomic E-state index is 13.1. The first-order valence-corrected chi connectivity index (χ1v) is 7.73. The topological polar surface area (TPSA) is 58.4 Å². The average Bonchev–Trinajstić information content (AvgIpc) is 3.11. The number of amides is 2. The zero-order valence-corrected chi connectivity index (χ0v) is 13.9. The third-order valence-corrected chi connectivity index (χ3v) is 4.36. The molecule has 1 aliphatic heterocycles. The Morgan fingerprint density at radius 1 is 1.33 bits per heavy atom. The van der Waals surface area contributed by atoms with Crippen LogP contribution < -0.4 is 0 Å². The van der Waals surface area contributed by atoms with Gasteiger partial charge in [-0.05, 0) is 43.7 Å². The fraction of sp³-hybridized carbons (Fsp3) is 0.353. The van der Waals surface area contributed by atoms with Crippen LogP contribution in [0.4, 0.5) is 4.39 Å². The van der Waals surface area contributed by atoms with Crippen molar-refractivity contribution < 1.29 is 14.0 Å². The number of nitrogens with zero attached hydrogens (tertiary/aromatic N) is 4. The molecule has 1 unspecified atom stereocenters. The number of likely N-dealkylation sites (tertiary alicyclic amines) is 1. The number of hydrogen-bond donors (Lipinski definition) is 0. The largest absolute Gasteiger partial charge is 0.344 e. The van der Waals surface area contributed by atoms with Gasteiger partial charge in [0.1, 0.15) is 11.9 Å². The molecule has 1 aliphatic rings. The van der Waals surface area contributed by atoms with E-state index in [0.717, 1.165) is 5.69 Å². The minimum Gasteiger partial charge on any atom is -0.344 e. The quantitative estimate of drug-likeness (QED) is 0.859. The molecule has 0 aliphatic carbocycles. The fourth-order valence-corrected chi connectivity index (χ4v) is 2.91. The molecule has 6 nitrogen and oxygen atoms in total. The zero-order chi connectivity index (χ0) is 17.4. The van der Waals surface area contributed by atoms with E-state index in [1.54, 1.807) is 41.9 Å². The Morgan fingerprint density at radius 3 is 2.58 bits per heavy atom. The Morgan fingerprint density at radius 2 is 2.00 bits per heavy atom. The summed E-state index contributed by atoms with van der Waals surface area (Å²) >= 11 is 0. The van der Waals surface area contributed by atoms with Crippen LogP contribution in [0.2, 0.25) is 0 Å². The molecule has 2 amide bonds. The third-order valence-electron chi connectivity index (χ3n) is 4.36. The lowest BCUT2D eigenvalue weighted by atomic mass is 10.2. The second-order valence-electron chi connectivity index (χ2n) is 6.04. The molecule has 0 radical (unpaired) electrons. The van der Waals surface area contributed by atoms with Crippen molar-refractivity contribution in [2.45, 2.75) is 19.4 Å². The second-order valence-corrected chi connectivity index (χ2v) is 6.04. The molecule has 3 rings (SSSR count). The molecule has 24 heavy (non-hydrogen) atoms. The zero-order valence-electron chi connectivity index (χ0n) is 13.9. The van der Waals surface area contributed by atoms with E-state index in [2.05, 4.69) is 5.10 Å². The van der Waals surface area contributed by atoms with E-state index in [9.17, 15) is 14.0 Å². The van der Waals surface area contributed by atoms with Crippen LogP contribution in [0.25, 0.3) is 5.69 Å². The van der Waals surface area contributed by atoms with Gasteiger partial charge in [-0.3, -0.25) is 9.59 Å². The first-order chi connectivity index (χ1) is 11.4. The molecule has 1 atom stereocenters. The van der Waals surface area contributed by atoms with Crippen molar-refractivity contribution in [3.8, 4) is 5.69 Å². The van der Waals surface area contributed by atoms with Crippen LogP contribution in [-0.4, -0.2) is 58.1 Å². The number of hydrogen-bond acceptors (Lipinski definition) is 3. The molecule has 0 bridgehead atoms. The van der Waals surface area contributed by atoms with Crippen molar-refractivity contribution in [1.29, 1.82) is 0 Å². The van der Waals surface area contributed by atoms with Gasteiger partial charge in [-0.25, -0.2) is 9.07 Å². The standard InChI is InChI=1S/C17H19FN4O2/c1-11-10-14(19-22(11)13-6-4-12(18)5-7-13)16(23)21(3)15-8-9-20(2)17(15)24/h4-7,10,15H,8-9H2,1-3H3. The predicted molar refractivity (Wildman–Crippen MR) is 86.4 cm³/mol. The number of benzene rings is 1. The molecular formula is C17H19FN4O2. The van der Waals surface area contributed by atoms with Crippen LogP contribution in [0.3, 0.4) is 0 Å². The Hall–Kier alpha value is -2.70. The van der Waals surface area contributed by atoms with Crippen molar-refractivity contribution in [3.63, 3.8) is 0 Å². The van der Waals surface area contributed by atoms with Gasteiger partial charge in [0.05, 0.1) is 5.69 Å². The van der Waals surface area contributed by atoms with Gasteiger partial charge < -0.3 is 9.80 Å². The van der Waals surface area contributed by atoms with E-state index >= 15 is 0 Å². The van der Waals surface area contributed by atoms with E-state index < -0.39 is 6.04 Å². The van der Waals surface area contributed by atoms with Crippen LogP contribution in [0, 0.1) is 12.7 Å². The Labute approximate surface area is 139 Å². The molecule has 2 aromatic rings. The van der Waals surface area contributed by atoms with Crippen LogP contribution in [0.5, 0.6) is 0 Å². The van der Waals surface area contributed by atoms with E-state index in [1.165, 1.54) is 17.0 Å². The van der Waals surface area contributed by atoms with Gasteiger partial charge >= 0.3 is 0 Å². The molecular weight excluding hydrogens is 311 g/mol. The molecule has 1 aromatic carbocycles. The Bertz CT molecular complexity index is 784. The number of aromatic nitrogens is 2. The van der Waals surface area contributed by atoms with Gasteiger partial charge in [0.2, 0.25) is 5.91 Å². The van der Waals surface area contributed by atoms with Crippen molar-refractivity contribution in [1.82, 2.24) is 19.6 Å². The summed E-state index contributed by atoms with van der Waals surface area (Å²) in [5, 5.41) is 4.32. The van der Waals surface area contributed by atoms with Gasteiger partial charge in [-0.15, -0.1) is 0 Å². The molecule has 126 valence electrons. The van der Waals surface area contributed by atoms with Crippen molar-refractivity contribution in [3.05, 3.63) is 47.5 Å². The lowest BCUT2D eigenvalue weighted by Gasteiger charge is -2.22. The summed E-state index contributed by atoms with van der Waals surface area (Å²) in [5.74, 6) is -0.684. The highest BCUT2D eigenvalue weighted by atomic mass is 19.1. The highest BCUT2D eigenvalue weighted by Crippen LogP contribution is 2.18. The SMILES string of the molecule is Cc1cc(C(=O)N(C)C2CCN(C)C2=O)nn1-c1ccc(F)cc1. The van der Waals surface area contributed by atoms with Gasteiger partial charge in [-0.1, -0.05) is 0 Å². The number of aryl methyl sites for hydroxylation is 1. The molecule has 1 aromatic heterocycles. The minimum absolute atomic E-state index is 0.0551. The van der Waals surface area contributed by atoms with Gasteiger partial charge in [0.15, 0.2) is 5.69 Å². The summed E-state index contributed by atoms with van der Waals surface area (Å²) in [6.07, 6.45) is 0.620. The maximum atomic E-state index is 13.1. The maximum Gasteiger partial charge on any atom is 0.274 e. The second kappa shape index (κ2) is 6.07. The molecule has 7 heteroatoms. The normalized spacial score (nSPS) is 17.4. The van der Waals surface area contributed by atoms with Crippen molar-refractivity contribution >= 4 is 11.8 Å². The summed E-state index contributed by atoms with van der Waals surface area (Å²) in [6, 6.07) is 7.11. The van der Waals surface area contributed by atoms with Gasteiger partial charge in [-0.2, -0.15) is 5.10 Å². The summed E-state index contributed by atoms with van der Waals surface area (Å²) in [5.41, 5.74) is 1.70. The fourth-order valence-electron chi connectivity index (χ4n) is 2.91. The van der Waals surface area contributed by atoms with Crippen LogP contribution in [-0.2, 0) is 4.79 Å². The molecule has 1 fully saturated rings. The summed E-state index contributed by atoms with van der Waals surface area (Å²) in [6.45, 7) is 2.46. The lowest BCUT2D eigenvalue weighted by molar-refractivity contribution is -0.130. The number of carbonyl (C=O) groups is 2. The van der Waals surface area contributed by atoms with Crippen molar-refractivity contribution in [2.75, 3.05) is 20.6 Å². The molecule has 0 saturated carbocycles. The van der Waals surface area contributed by atoms with Crippen LogP contribution >= 0.6 is 0 Å².